The summed E-state index contributed by atoms with van der Waals surface area (Å²) in [5.74, 6) is 0. The molecule has 0 saturated carbocycles. The van der Waals surface area contributed by atoms with E-state index < -0.39 is 26.8 Å². The van der Waals surface area contributed by atoms with Crippen LogP contribution in [0.15, 0.2) is 46.1 Å². The molecule has 0 fully saturated rings. The van der Waals surface area contributed by atoms with Gasteiger partial charge in [-0.05, 0) is 42.8 Å². The van der Waals surface area contributed by atoms with Gasteiger partial charge in [0, 0.05) is 12.2 Å². The van der Waals surface area contributed by atoms with Crippen molar-refractivity contribution in [3.8, 4) is 0 Å². The topological polar surface area (TPSA) is 68.2 Å². The monoisotopic (exact) mass is 450 g/mol. The van der Waals surface area contributed by atoms with E-state index in [9.17, 15) is 26.4 Å². The third-order valence-corrected chi connectivity index (χ3v) is 6.57. The minimum absolute atomic E-state index is 0.159. The first kappa shape index (κ1) is 20.7. The van der Waals surface area contributed by atoms with Crippen LogP contribution in [-0.4, -0.2) is 13.0 Å². The molecule has 0 aliphatic carbocycles. The van der Waals surface area contributed by atoms with E-state index in [4.69, 9.17) is 11.6 Å². The van der Waals surface area contributed by atoms with Crippen molar-refractivity contribution >= 4 is 48.9 Å². The zero-order valence-corrected chi connectivity index (χ0v) is 16.8. The van der Waals surface area contributed by atoms with Crippen LogP contribution in [0, 0.1) is 0 Å². The van der Waals surface area contributed by atoms with E-state index in [1.165, 1.54) is 18.2 Å². The lowest BCUT2D eigenvalue weighted by Gasteiger charge is -2.13. The number of benzene rings is 2. The fraction of sp³-hybridized carbons (Fsp3) is 0.235. The van der Waals surface area contributed by atoms with Crippen molar-refractivity contribution in [3.05, 3.63) is 56.7 Å². The molecule has 2 aromatic carbocycles. The number of sulfonamides is 1. The molecule has 28 heavy (non-hydrogen) atoms. The molecule has 1 N–H and O–H groups in total. The maximum atomic E-state index is 13.0. The normalized spacial score (nSPS) is 12.5. The number of halogens is 4. The first-order valence-electron chi connectivity index (χ1n) is 8.06. The van der Waals surface area contributed by atoms with E-state index in [-0.39, 0.29) is 15.5 Å². The van der Waals surface area contributed by atoms with Gasteiger partial charge in [-0.25, -0.2) is 8.42 Å². The second-order valence-corrected chi connectivity index (χ2v) is 9.03. The molecule has 150 valence electrons. The number of hydrogen-bond donors (Lipinski definition) is 1. The van der Waals surface area contributed by atoms with Crippen LogP contribution in [0.1, 0.15) is 18.9 Å². The lowest BCUT2D eigenvalue weighted by atomic mass is 10.2. The van der Waals surface area contributed by atoms with E-state index >= 15 is 0 Å². The molecule has 1 heterocycles. The fourth-order valence-corrected chi connectivity index (χ4v) is 5.00. The van der Waals surface area contributed by atoms with Gasteiger partial charge in [0.1, 0.15) is 0 Å². The van der Waals surface area contributed by atoms with Gasteiger partial charge in [-0.15, -0.1) is 0 Å². The lowest BCUT2D eigenvalue weighted by Crippen LogP contribution is -2.14. The van der Waals surface area contributed by atoms with Gasteiger partial charge in [-0.2, -0.15) is 13.2 Å². The number of fused-ring (bicyclic) bond motifs is 1. The number of nitrogens with one attached hydrogen (secondary N) is 1. The maximum Gasteiger partial charge on any atom is 0.417 e. The van der Waals surface area contributed by atoms with Gasteiger partial charge in [-0.3, -0.25) is 14.1 Å². The fourth-order valence-electron chi connectivity index (χ4n) is 2.67. The Morgan fingerprint density at radius 1 is 1.18 bits per heavy atom. The Morgan fingerprint density at radius 3 is 2.54 bits per heavy atom. The Morgan fingerprint density at radius 2 is 1.89 bits per heavy atom. The van der Waals surface area contributed by atoms with Crippen molar-refractivity contribution in [1.82, 2.24) is 4.57 Å². The highest BCUT2D eigenvalue weighted by Crippen LogP contribution is 2.36. The minimum atomic E-state index is -4.72. The maximum absolute atomic E-state index is 13.0. The molecule has 0 bridgehead atoms. The van der Waals surface area contributed by atoms with Crippen molar-refractivity contribution < 1.29 is 21.6 Å². The molecule has 0 saturated heterocycles. The molecule has 0 spiro atoms. The first-order valence-corrected chi connectivity index (χ1v) is 10.7. The van der Waals surface area contributed by atoms with Gasteiger partial charge < -0.3 is 0 Å². The van der Waals surface area contributed by atoms with E-state index in [1.807, 2.05) is 6.92 Å². The van der Waals surface area contributed by atoms with Crippen LogP contribution in [0.25, 0.3) is 10.2 Å². The summed E-state index contributed by atoms with van der Waals surface area (Å²) in [6.07, 6.45) is -3.97. The highest BCUT2D eigenvalue weighted by molar-refractivity contribution is 7.92. The predicted molar refractivity (Wildman–Crippen MR) is 104 cm³/mol. The number of thiazole rings is 1. The quantitative estimate of drug-likeness (QED) is 0.598. The summed E-state index contributed by atoms with van der Waals surface area (Å²) < 4.78 is 68.3. The number of alkyl halides is 3. The van der Waals surface area contributed by atoms with Crippen LogP contribution < -0.4 is 9.60 Å². The Labute approximate surface area is 167 Å². The summed E-state index contributed by atoms with van der Waals surface area (Å²) in [6, 6.07) is 6.90. The molecular formula is C17H14ClF3N2O3S2. The molecule has 3 rings (SSSR count). The molecule has 0 radical (unpaired) electrons. The number of hydrogen-bond acceptors (Lipinski definition) is 4. The summed E-state index contributed by atoms with van der Waals surface area (Å²) in [7, 11) is -4.16. The molecule has 5 nitrogen and oxygen atoms in total. The van der Waals surface area contributed by atoms with Crippen LogP contribution in [0.2, 0.25) is 5.02 Å². The van der Waals surface area contributed by atoms with Crippen LogP contribution in [-0.2, 0) is 22.7 Å². The minimum Gasteiger partial charge on any atom is -0.299 e. The van der Waals surface area contributed by atoms with Crippen molar-refractivity contribution in [2.24, 2.45) is 0 Å². The SMILES string of the molecule is CCCn1c(=O)sc2cc(S(=O)(=O)Nc3ccc(Cl)c(C(F)(F)F)c3)ccc21. The largest absolute Gasteiger partial charge is 0.417 e. The second kappa shape index (κ2) is 7.41. The molecular weight excluding hydrogens is 437 g/mol. The van der Waals surface area contributed by atoms with Crippen LogP contribution in [0.4, 0.5) is 18.9 Å². The molecule has 0 aliphatic rings. The summed E-state index contributed by atoms with van der Waals surface area (Å²) in [5.41, 5.74) is -0.796. The molecule has 11 heteroatoms. The van der Waals surface area contributed by atoms with Crippen molar-refractivity contribution in [3.63, 3.8) is 0 Å². The van der Waals surface area contributed by atoms with Crippen molar-refractivity contribution in [2.75, 3.05) is 4.72 Å². The Kier molecular flexibility index (Phi) is 5.48. The van der Waals surface area contributed by atoms with Gasteiger partial charge in [0.2, 0.25) is 0 Å². The zero-order chi connectivity index (χ0) is 20.7. The molecule has 0 aliphatic heterocycles. The van der Waals surface area contributed by atoms with E-state index in [0.717, 1.165) is 29.9 Å². The highest BCUT2D eigenvalue weighted by atomic mass is 35.5. The number of anilines is 1. The van der Waals surface area contributed by atoms with Gasteiger partial charge >= 0.3 is 11.0 Å². The third-order valence-electron chi connectivity index (χ3n) is 3.92. The van der Waals surface area contributed by atoms with E-state index in [1.54, 1.807) is 4.57 Å². The predicted octanol–water partition coefficient (Wildman–Crippen LogP) is 4.95. The summed E-state index contributed by atoms with van der Waals surface area (Å²) in [4.78, 5) is 11.7. The van der Waals surface area contributed by atoms with Crippen LogP contribution >= 0.6 is 22.9 Å². The average Bonchev–Trinajstić information content (AvgIpc) is 2.91. The standard InChI is InChI=1S/C17H14ClF3N2O3S2/c1-2-7-23-14-6-4-11(9-15(14)27-16(23)24)28(25,26)22-10-3-5-13(18)12(8-10)17(19,20)21/h3-6,8-9,22H,2,7H2,1H3. The van der Waals surface area contributed by atoms with Crippen molar-refractivity contribution in [2.45, 2.75) is 31.0 Å². The smallest absolute Gasteiger partial charge is 0.299 e. The first-order chi connectivity index (χ1) is 13.0. The van der Waals surface area contributed by atoms with E-state index in [0.29, 0.717) is 22.8 Å². The van der Waals surface area contributed by atoms with Gasteiger partial charge in [-0.1, -0.05) is 29.9 Å². The van der Waals surface area contributed by atoms with Crippen molar-refractivity contribution in [1.29, 1.82) is 0 Å². The number of rotatable bonds is 5. The second-order valence-electron chi connectivity index (χ2n) is 5.95. The van der Waals surface area contributed by atoms with Crippen LogP contribution in [0.3, 0.4) is 0 Å². The Balaban J connectivity index is 1.99. The number of aryl methyl sites for hydroxylation is 1. The summed E-state index contributed by atoms with van der Waals surface area (Å²) in [6.45, 7) is 2.42. The number of aromatic nitrogens is 1. The summed E-state index contributed by atoms with van der Waals surface area (Å²) >= 11 is 6.46. The van der Waals surface area contributed by atoms with Crippen LogP contribution in [0.5, 0.6) is 0 Å². The van der Waals surface area contributed by atoms with E-state index in [2.05, 4.69) is 4.72 Å². The molecule has 3 aromatic rings. The Bertz CT molecular complexity index is 1200. The zero-order valence-electron chi connectivity index (χ0n) is 14.4. The highest BCUT2D eigenvalue weighted by Gasteiger charge is 2.33. The molecule has 0 atom stereocenters. The molecule has 0 unspecified atom stereocenters. The molecule has 1 aromatic heterocycles. The average molecular weight is 451 g/mol. The molecule has 0 amide bonds. The number of nitrogens with zero attached hydrogens (tertiary/aromatic N) is 1. The third kappa shape index (κ3) is 4.03. The van der Waals surface area contributed by atoms with Gasteiger partial charge in [0.25, 0.3) is 10.0 Å². The van der Waals surface area contributed by atoms with Gasteiger partial charge in [0.15, 0.2) is 0 Å². The lowest BCUT2D eigenvalue weighted by molar-refractivity contribution is -0.137. The summed E-state index contributed by atoms with van der Waals surface area (Å²) in [5, 5.41) is -0.529. The van der Waals surface area contributed by atoms with Gasteiger partial charge in [0.05, 0.1) is 25.7 Å². The Hall–Kier alpha value is -2.04.